The van der Waals surface area contributed by atoms with E-state index in [9.17, 15) is 19.0 Å². The number of unbranched alkanes of at least 4 members (excludes halogenated alkanes) is 4. The summed E-state index contributed by atoms with van der Waals surface area (Å²) < 4.78 is 22.2. The van der Waals surface area contributed by atoms with Crippen LogP contribution in [0.15, 0.2) is 0 Å². The first-order valence-electron chi connectivity index (χ1n) is 7.16. The van der Waals surface area contributed by atoms with Gasteiger partial charge in [0.2, 0.25) is 0 Å². The third-order valence-electron chi connectivity index (χ3n) is 2.62. The maximum Gasteiger partial charge on any atom is 0.478 e. The van der Waals surface area contributed by atoms with E-state index in [2.05, 4.69) is 11.2 Å². The number of aliphatic hydroxyl groups is 3. The number of hydrogen-bond donors (Lipinski definition) is 7. The molecule has 0 aromatic rings. The van der Waals surface area contributed by atoms with Crippen LogP contribution in [-0.2, 0) is 18.2 Å². The Morgan fingerprint density at radius 3 is 1.75 bits per heavy atom. The highest BCUT2D eigenvalue weighted by atomic mass is 31.3. The molecule has 0 saturated carbocycles. The number of carbonyl (C=O) groups excluding carboxylic acids is 1. The molecule has 0 amide bonds. The first-order valence-corrected chi connectivity index (χ1v) is 10.2. The Kier molecular flexibility index (Phi) is 14.2. The summed E-state index contributed by atoms with van der Waals surface area (Å²) >= 11 is 0. The van der Waals surface area contributed by atoms with Crippen LogP contribution in [-0.4, -0.2) is 59.5 Å². The van der Waals surface area contributed by atoms with Gasteiger partial charge in [-0.05, 0) is 6.42 Å². The molecule has 24 heavy (non-hydrogen) atoms. The fraction of sp³-hybridized carbons (Fsp3) is 0.909. The van der Waals surface area contributed by atoms with Gasteiger partial charge >= 0.3 is 15.6 Å². The van der Waals surface area contributed by atoms with Crippen molar-refractivity contribution in [2.45, 2.75) is 57.7 Å². The van der Waals surface area contributed by atoms with Crippen molar-refractivity contribution in [3.63, 3.8) is 0 Å². The van der Waals surface area contributed by atoms with Crippen molar-refractivity contribution in [1.82, 2.24) is 0 Å². The normalized spacial score (nSPS) is 14.5. The third kappa shape index (κ3) is 18.2. The Morgan fingerprint density at radius 1 is 0.958 bits per heavy atom. The van der Waals surface area contributed by atoms with Crippen molar-refractivity contribution in [3.8, 4) is 0 Å². The Hall–Kier alpha value is -0.190. The van der Waals surface area contributed by atoms with E-state index in [1.807, 2.05) is 0 Å². The van der Waals surface area contributed by atoms with E-state index in [0.717, 1.165) is 32.1 Å². The summed E-state index contributed by atoms with van der Waals surface area (Å²) in [4.78, 5) is 42.3. The van der Waals surface area contributed by atoms with Gasteiger partial charge in [-0.1, -0.05) is 32.6 Å². The van der Waals surface area contributed by atoms with E-state index in [4.69, 9.17) is 29.8 Å². The van der Waals surface area contributed by atoms with E-state index in [-0.39, 0.29) is 12.2 Å². The molecule has 146 valence electrons. The molecule has 11 nitrogen and oxygen atoms in total. The average molecular weight is 396 g/mol. The lowest BCUT2D eigenvalue weighted by atomic mass is 10.0. The smallest absolute Gasteiger partial charge is 0.394 e. The molecule has 0 radical (unpaired) electrons. The molecule has 0 spiro atoms. The molecule has 0 fully saturated rings. The van der Waals surface area contributed by atoms with Gasteiger partial charge in [-0.25, -0.2) is 9.13 Å². The highest BCUT2D eigenvalue weighted by Gasteiger charge is 2.28. The van der Waals surface area contributed by atoms with Gasteiger partial charge in [-0.3, -0.25) is 4.79 Å². The van der Waals surface area contributed by atoms with Gasteiger partial charge in [0, 0.05) is 6.42 Å². The maximum absolute atomic E-state index is 11.3. The van der Waals surface area contributed by atoms with Crippen LogP contribution in [0.4, 0.5) is 0 Å². The van der Waals surface area contributed by atoms with Crippen molar-refractivity contribution >= 4 is 21.4 Å². The van der Waals surface area contributed by atoms with Gasteiger partial charge in [0.1, 0.15) is 12.2 Å². The average Bonchev–Trinajstić information content (AvgIpc) is 2.41. The molecule has 0 rings (SSSR count). The van der Waals surface area contributed by atoms with E-state index in [0.29, 0.717) is 0 Å². The largest absolute Gasteiger partial charge is 0.478 e. The van der Waals surface area contributed by atoms with Gasteiger partial charge < -0.3 is 34.9 Å². The molecular weight excluding hydrogens is 370 g/mol. The number of phosphoric acid groups is 2. The lowest BCUT2D eigenvalue weighted by Gasteiger charge is -2.13. The first-order chi connectivity index (χ1) is 10.8. The molecule has 0 heterocycles. The van der Waals surface area contributed by atoms with Crippen molar-refractivity contribution < 1.29 is 53.1 Å². The number of aliphatic hydroxyl groups excluding tert-OH is 3. The third-order valence-corrected chi connectivity index (χ3v) is 4.32. The predicted molar refractivity (Wildman–Crippen MR) is 82.7 cm³/mol. The van der Waals surface area contributed by atoms with Crippen molar-refractivity contribution in [3.05, 3.63) is 0 Å². The molecule has 0 aromatic heterocycles. The van der Waals surface area contributed by atoms with E-state index in [1.54, 1.807) is 0 Å². The fourth-order valence-electron chi connectivity index (χ4n) is 1.50. The van der Waals surface area contributed by atoms with Crippen molar-refractivity contribution in [2.24, 2.45) is 0 Å². The Bertz CT molecular complexity index is 410. The minimum Gasteiger partial charge on any atom is -0.394 e. The van der Waals surface area contributed by atoms with Crippen LogP contribution in [0.2, 0.25) is 0 Å². The summed E-state index contributed by atoms with van der Waals surface area (Å²) in [6.45, 7) is 1.54. The second-order valence-corrected chi connectivity index (χ2v) is 7.50. The van der Waals surface area contributed by atoms with Crippen molar-refractivity contribution in [2.75, 3.05) is 6.61 Å². The Balaban J connectivity index is 0. The van der Waals surface area contributed by atoms with Gasteiger partial charge in [0.25, 0.3) is 0 Å². The molecule has 13 heteroatoms. The minimum absolute atomic E-state index is 0.280. The Labute approximate surface area is 139 Å². The quantitative estimate of drug-likeness (QED) is 0.180. The van der Waals surface area contributed by atoms with E-state index in [1.165, 1.54) is 0 Å². The summed E-state index contributed by atoms with van der Waals surface area (Å²) in [5.74, 6) is -0.381. The lowest BCUT2D eigenvalue weighted by Crippen LogP contribution is -2.36. The summed E-state index contributed by atoms with van der Waals surface area (Å²) in [5, 5.41) is 26.8. The Morgan fingerprint density at radius 2 is 1.42 bits per heavy atom. The molecule has 0 bridgehead atoms. The van der Waals surface area contributed by atoms with Crippen molar-refractivity contribution in [1.29, 1.82) is 0 Å². The highest BCUT2D eigenvalue weighted by molar-refractivity contribution is 7.60. The van der Waals surface area contributed by atoms with Gasteiger partial charge in [-0.2, -0.15) is 4.31 Å². The van der Waals surface area contributed by atoms with Gasteiger partial charge in [0.15, 0.2) is 5.78 Å². The number of ketones is 1. The molecule has 0 aromatic carbocycles. The summed E-state index contributed by atoms with van der Waals surface area (Å²) in [5.41, 5.74) is 0. The SMILES string of the molecule is CCCCCCCC(=O)C(O)C(O)CO.O=P(O)(O)OP(=O)(O)O. The zero-order valence-electron chi connectivity index (χ0n) is 13.3. The van der Waals surface area contributed by atoms with Crippen LogP contribution < -0.4 is 0 Å². The van der Waals surface area contributed by atoms with Crippen LogP contribution in [0, 0.1) is 0 Å². The van der Waals surface area contributed by atoms with Crippen LogP contribution in [0.1, 0.15) is 45.4 Å². The minimum atomic E-state index is -5.05. The summed E-state index contributed by atoms with van der Waals surface area (Å²) in [6, 6.07) is 0. The van der Waals surface area contributed by atoms with E-state index >= 15 is 0 Å². The fourth-order valence-corrected chi connectivity index (χ4v) is 2.61. The second kappa shape index (κ2) is 13.1. The maximum atomic E-state index is 11.3. The molecule has 2 unspecified atom stereocenters. The molecule has 0 aliphatic heterocycles. The zero-order chi connectivity index (χ0) is 19.4. The monoisotopic (exact) mass is 396 g/mol. The van der Waals surface area contributed by atoms with Crippen LogP contribution in [0.5, 0.6) is 0 Å². The van der Waals surface area contributed by atoms with Gasteiger partial charge in [0.05, 0.1) is 6.61 Å². The molecule has 2 atom stereocenters. The molecular formula is C11H26O11P2. The number of rotatable bonds is 11. The summed E-state index contributed by atoms with van der Waals surface area (Å²) in [7, 11) is -10.1. The topological polar surface area (TPSA) is 202 Å². The zero-order valence-corrected chi connectivity index (χ0v) is 15.1. The number of carbonyl (C=O) groups is 1. The van der Waals surface area contributed by atoms with Crippen LogP contribution >= 0.6 is 15.6 Å². The van der Waals surface area contributed by atoms with Crippen LogP contribution in [0.25, 0.3) is 0 Å². The summed E-state index contributed by atoms with van der Waals surface area (Å²) in [6.07, 6.45) is 2.64. The first kappa shape index (κ1) is 26.0. The molecule has 0 saturated heterocycles. The molecule has 7 N–H and O–H groups in total. The van der Waals surface area contributed by atoms with E-state index < -0.39 is 34.5 Å². The lowest BCUT2D eigenvalue weighted by molar-refractivity contribution is -0.134. The van der Waals surface area contributed by atoms with Crippen LogP contribution in [0.3, 0.4) is 0 Å². The second-order valence-electron chi connectivity index (χ2n) is 4.89. The predicted octanol–water partition coefficient (Wildman–Crippen LogP) is -0.182. The molecule has 0 aliphatic carbocycles. The standard InChI is InChI=1S/C11H22O4.H4O7P2/c1-2-3-4-5-6-7-9(13)11(15)10(14)8-12;1-8(2,3)7-9(4,5)6/h10-12,14-15H,2-8H2,1H3;(H2,1,2,3)(H2,4,5,6). The highest BCUT2D eigenvalue weighted by Crippen LogP contribution is 2.53. The van der Waals surface area contributed by atoms with Gasteiger partial charge in [-0.15, -0.1) is 0 Å². The molecule has 0 aliphatic rings. The number of Topliss-reactive ketones (excluding diaryl/α,β-unsaturated/α-hetero) is 1. The number of hydrogen-bond acceptors (Lipinski definition) is 7.